The van der Waals surface area contributed by atoms with Crippen LogP contribution in [0, 0.1) is 0 Å². The maximum atomic E-state index is 12.1. The Labute approximate surface area is 119 Å². The van der Waals surface area contributed by atoms with Crippen molar-refractivity contribution >= 4 is 33.3 Å². The number of benzene rings is 1. The van der Waals surface area contributed by atoms with Crippen molar-refractivity contribution in [3.8, 4) is 0 Å². The molecule has 2 aromatic heterocycles. The third kappa shape index (κ3) is 2.43. The summed E-state index contributed by atoms with van der Waals surface area (Å²) in [6.45, 7) is 1.85. The number of furan rings is 1. The van der Waals surface area contributed by atoms with Crippen molar-refractivity contribution in [1.29, 1.82) is 0 Å². The highest BCUT2D eigenvalue weighted by Crippen LogP contribution is 2.22. The number of nitrogens with one attached hydrogen (secondary N) is 1. The normalized spacial score (nSPS) is 12.5. The third-order valence-electron chi connectivity index (χ3n) is 2.86. The average molecular weight is 287 g/mol. The van der Waals surface area contributed by atoms with Crippen molar-refractivity contribution in [2.45, 2.75) is 13.0 Å². The fourth-order valence-corrected chi connectivity index (χ4v) is 2.61. The van der Waals surface area contributed by atoms with Crippen LogP contribution in [-0.4, -0.2) is 10.9 Å². The van der Waals surface area contributed by atoms with E-state index in [1.54, 1.807) is 6.07 Å². The van der Waals surface area contributed by atoms with Gasteiger partial charge in [-0.3, -0.25) is 10.1 Å². The molecule has 6 heteroatoms. The largest absolute Gasteiger partial charge is 0.451 e. The molecular formula is C14H13N3O2S. The molecule has 0 saturated heterocycles. The van der Waals surface area contributed by atoms with Gasteiger partial charge in [-0.15, -0.1) is 11.3 Å². The molecule has 0 saturated carbocycles. The van der Waals surface area contributed by atoms with E-state index in [9.17, 15) is 4.79 Å². The van der Waals surface area contributed by atoms with Gasteiger partial charge in [0.2, 0.25) is 0 Å². The first-order valence-corrected chi connectivity index (χ1v) is 7.02. The Hall–Kier alpha value is -2.18. The van der Waals surface area contributed by atoms with Crippen molar-refractivity contribution in [2.24, 2.45) is 5.73 Å². The van der Waals surface area contributed by atoms with Gasteiger partial charge in [0.1, 0.15) is 5.58 Å². The molecule has 0 aliphatic carbocycles. The van der Waals surface area contributed by atoms with E-state index in [1.165, 1.54) is 11.3 Å². The predicted molar refractivity (Wildman–Crippen MR) is 78.9 cm³/mol. The van der Waals surface area contributed by atoms with Crippen LogP contribution in [0.5, 0.6) is 0 Å². The number of carbonyl (C=O) groups is 1. The predicted octanol–water partition coefficient (Wildman–Crippen LogP) is 3.16. The Morgan fingerprint density at radius 2 is 2.25 bits per heavy atom. The molecule has 5 nitrogen and oxygen atoms in total. The zero-order chi connectivity index (χ0) is 14.1. The Kier molecular flexibility index (Phi) is 3.25. The van der Waals surface area contributed by atoms with Crippen LogP contribution < -0.4 is 11.1 Å². The van der Waals surface area contributed by atoms with Gasteiger partial charge in [0.15, 0.2) is 10.9 Å². The summed E-state index contributed by atoms with van der Waals surface area (Å²) in [4.78, 5) is 16.3. The lowest BCUT2D eigenvalue weighted by Gasteiger charge is -1.99. The molecule has 3 rings (SSSR count). The van der Waals surface area contributed by atoms with Crippen LogP contribution in [0.15, 0.2) is 40.1 Å². The van der Waals surface area contributed by atoms with E-state index in [2.05, 4.69) is 10.3 Å². The second kappa shape index (κ2) is 5.07. The van der Waals surface area contributed by atoms with Gasteiger partial charge in [-0.05, 0) is 19.1 Å². The first-order valence-electron chi connectivity index (χ1n) is 6.14. The zero-order valence-electron chi connectivity index (χ0n) is 10.8. The highest BCUT2D eigenvalue weighted by molar-refractivity contribution is 7.14. The minimum Gasteiger partial charge on any atom is -0.451 e. The third-order valence-corrected chi connectivity index (χ3v) is 3.63. The van der Waals surface area contributed by atoms with Gasteiger partial charge in [-0.1, -0.05) is 18.2 Å². The van der Waals surface area contributed by atoms with Crippen molar-refractivity contribution in [2.75, 3.05) is 5.32 Å². The number of hydrogen-bond acceptors (Lipinski definition) is 5. The van der Waals surface area contributed by atoms with Crippen LogP contribution in [0.25, 0.3) is 11.0 Å². The van der Waals surface area contributed by atoms with E-state index in [0.29, 0.717) is 10.7 Å². The number of amides is 1. The molecule has 1 aromatic carbocycles. The van der Waals surface area contributed by atoms with E-state index >= 15 is 0 Å². The van der Waals surface area contributed by atoms with Crippen LogP contribution in [0.4, 0.5) is 5.13 Å². The number of anilines is 1. The number of hydrogen-bond donors (Lipinski definition) is 2. The van der Waals surface area contributed by atoms with Crippen LogP contribution in [0.1, 0.15) is 29.2 Å². The second-order valence-corrected chi connectivity index (χ2v) is 5.33. The molecule has 1 unspecified atom stereocenters. The minimum atomic E-state index is -0.313. The summed E-state index contributed by atoms with van der Waals surface area (Å²) < 4.78 is 5.50. The quantitative estimate of drug-likeness (QED) is 0.775. The first-order chi connectivity index (χ1) is 9.63. The average Bonchev–Trinajstić information content (AvgIpc) is 3.04. The topological polar surface area (TPSA) is 81.1 Å². The molecular weight excluding hydrogens is 274 g/mol. The number of carbonyl (C=O) groups excluding carboxylic acids is 1. The molecule has 20 heavy (non-hydrogen) atoms. The van der Waals surface area contributed by atoms with E-state index in [0.717, 1.165) is 11.1 Å². The molecule has 0 bridgehead atoms. The Morgan fingerprint density at radius 1 is 1.45 bits per heavy atom. The maximum absolute atomic E-state index is 12.1. The van der Waals surface area contributed by atoms with E-state index in [-0.39, 0.29) is 17.7 Å². The van der Waals surface area contributed by atoms with Gasteiger partial charge in [-0.25, -0.2) is 4.98 Å². The highest BCUT2D eigenvalue weighted by Gasteiger charge is 2.14. The van der Waals surface area contributed by atoms with E-state index in [4.69, 9.17) is 10.2 Å². The van der Waals surface area contributed by atoms with Gasteiger partial charge in [0.05, 0.1) is 5.69 Å². The van der Waals surface area contributed by atoms with Crippen LogP contribution in [-0.2, 0) is 0 Å². The SMILES string of the molecule is CC(N)c1csc(NC(=O)c2cc3ccccc3o2)n1. The lowest BCUT2D eigenvalue weighted by Crippen LogP contribution is -2.11. The van der Waals surface area contributed by atoms with Crippen molar-refractivity contribution in [1.82, 2.24) is 4.98 Å². The van der Waals surface area contributed by atoms with Gasteiger partial charge in [0.25, 0.3) is 5.91 Å². The van der Waals surface area contributed by atoms with E-state index in [1.807, 2.05) is 36.6 Å². The van der Waals surface area contributed by atoms with Crippen molar-refractivity contribution in [3.63, 3.8) is 0 Å². The summed E-state index contributed by atoms with van der Waals surface area (Å²) in [5.74, 6) is -0.0458. The Morgan fingerprint density at radius 3 is 2.95 bits per heavy atom. The maximum Gasteiger partial charge on any atom is 0.293 e. The fourth-order valence-electron chi connectivity index (χ4n) is 1.81. The molecule has 3 N–H and O–H groups in total. The molecule has 102 valence electrons. The lowest BCUT2D eigenvalue weighted by molar-refractivity contribution is 0.0998. The number of para-hydroxylation sites is 1. The summed E-state index contributed by atoms with van der Waals surface area (Å²) in [6, 6.07) is 9.04. The molecule has 0 aliphatic heterocycles. The van der Waals surface area contributed by atoms with Gasteiger partial charge < -0.3 is 10.2 Å². The summed E-state index contributed by atoms with van der Waals surface area (Å²) in [5, 5.41) is 5.96. The molecule has 0 aliphatic rings. The molecule has 0 spiro atoms. The number of thiazole rings is 1. The van der Waals surface area contributed by atoms with Gasteiger partial charge in [-0.2, -0.15) is 0 Å². The Bertz CT molecular complexity index is 727. The summed E-state index contributed by atoms with van der Waals surface area (Å²) in [6.07, 6.45) is 0. The molecule has 1 atom stereocenters. The standard InChI is InChI=1S/C14H13N3O2S/c1-8(15)10-7-20-14(16-10)17-13(18)12-6-9-4-2-3-5-11(9)19-12/h2-8H,15H2,1H3,(H,16,17,18). The number of rotatable bonds is 3. The summed E-state index contributed by atoms with van der Waals surface area (Å²) in [7, 11) is 0. The number of nitrogens with two attached hydrogens (primary N) is 1. The van der Waals surface area contributed by atoms with Crippen molar-refractivity contribution in [3.05, 3.63) is 47.2 Å². The molecule has 2 heterocycles. The lowest BCUT2D eigenvalue weighted by atomic mass is 10.2. The van der Waals surface area contributed by atoms with Crippen LogP contribution in [0.3, 0.4) is 0 Å². The fraction of sp³-hybridized carbons (Fsp3) is 0.143. The van der Waals surface area contributed by atoms with Crippen LogP contribution >= 0.6 is 11.3 Å². The smallest absolute Gasteiger partial charge is 0.293 e. The molecule has 1 amide bonds. The molecule has 0 radical (unpaired) electrons. The second-order valence-electron chi connectivity index (χ2n) is 4.47. The zero-order valence-corrected chi connectivity index (χ0v) is 11.6. The number of nitrogens with zero attached hydrogens (tertiary/aromatic N) is 1. The number of fused-ring (bicyclic) bond motifs is 1. The molecule has 3 aromatic rings. The highest BCUT2D eigenvalue weighted by atomic mass is 32.1. The summed E-state index contributed by atoms with van der Waals surface area (Å²) in [5.41, 5.74) is 7.18. The minimum absolute atomic E-state index is 0.150. The molecule has 0 fully saturated rings. The summed E-state index contributed by atoms with van der Waals surface area (Å²) >= 11 is 1.34. The monoisotopic (exact) mass is 287 g/mol. The van der Waals surface area contributed by atoms with E-state index < -0.39 is 0 Å². The van der Waals surface area contributed by atoms with Crippen LogP contribution in [0.2, 0.25) is 0 Å². The first kappa shape index (κ1) is 12.8. The number of aromatic nitrogens is 1. The van der Waals surface area contributed by atoms with Gasteiger partial charge >= 0.3 is 0 Å². The van der Waals surface area contributed by atoms with Crippen molar-refractivity contribution < 1.29 is 9.21 Å². The van der Waals surface area contributed by atoms with Gasteiger partial charge in [0, 0.05) is 16.8 Å². The Balaban J connectivity index is 1.81.